The van der Waals surface area contributed by atoms with E-state index in [9.17, 15) is 22.0 Å². The fourth-order valence-electron chi connectivity index (χ4n) is 0.518. The van der Waals surface area contributed by atoms with Crippen LogP contribution in [-0.4, -0.2) is 37.4 Å². The summed E-state index contributed by atoms with van der Waals surface area (Å²) in [6.07, 6.45) is -3.57. The highest BCUT2D eigenvalue weighted by molar-refractivity contribution is 7.91. The van der Waals surface area contributed by atoms with Crippen molar-refractivity contribution in [2.75, 3.05) is 11.5 Å². The zero-order valence-electron chi connectivity index (χ0n) is 6.03. The number of rotatable bonds is 5. The second-order valence-corrected chi connectivity index (χ2v) is 4.38. The monoisotopic (exact) mass is 202 g/mol. The van der Waals surface area contributed by atoms with Gasteiger partial charge >= 0.3 is 5.97 Å². The maximum atomic E-state index is 11.5. The standard InChI is InChI=1S/C5H8F2O4S/c6-4(7)3-12(10,11)2-1-5(8)9/h4H,1-3H2,(H,8,9). The van der Waals surface area contributed by atoms with Crippen molar-refractivity contribution in [1.82, 2.24) is 0 Å². The van der Waals surface area contributed by atoms with Crippen molar-refractivity contribution >= 4 is 15.8 Å². The summed E-state index contributed by atoms with van der Waals surface area (Å²) in [5.41, 5.74) is 0. The molecule has 0 amide bonds. The van der Waals surface area contributed by atoms with Crippen molar-refractivity contribution < 1.29 is 27.1 Å². The lowest BCUT2D eigenvalue weighted by atomic mass is 10.5. The lowest BCUT2D eigenvalue weighted by Crippen LogP contribution is -2.18. The van der Waals surface area contributed by atoms with Crippen LogP contribution < -0.4 is 0 Å². The first-order chi connectivity index (χ1) is 5.33. The SMILES string of the molecule is O=C(O)CCS(=O)(=O)CC(F)F. The van der Waals surface area contributed by atoms with E-state index in [0.29, 0.717) is 0 Å². The van der Waals surface area contributed by atoms with Gasteiger partial charge in [0.2, 0.25) is 0 Å². The van der Waals surface area contributed by atoms with Gasteiger partial charge in [-0.2, -0.15) is 0 Å². The van der Waals surface area contributed by atoms with E-state index in [2.05, 4.69) is 0 Å². The van der Waals surface area contributed by atoms with Gasteiger partial charge in [-0.1, -0.05) is 0 Å². The summed E-state index contributed by atoms with van der Waals surface area (Å²) >= 11 is 0. The van der Waals surface area contributed by atoms with Crippen LogP contribution in [0, 0.1) is 0 Å². The van der Waals surface area contributed by atoms with Gasteiger partial charge in [0.05, 0.1) is 12.2 Å². The smallest absolute Gasteiger partial charge is 0.304 e. The zero-order valence-corrected chi connectivity index (χ0v) is 6.85. The molecule has 0 saturated heterocycles. The second-order valence-electron chi connectivity index (χ2n) is 2.15. The largest absolute Gasteiger partial charge is 0.481 e. The molecule has 0 rings (SSSR count). The molecule has 0 bridgehead atoms. The van der Waals surface area contributed by atoms with E-state index in [1.165, 1.54) is 0 Å². The maximum Gasteiger partial charge on any atom is 0.304 e. The quantitative estimate of drug-likeness (QED) is 0.688. The molecule has 0 aliphatic carbocycles. The van der Waals surface area contributed by atoms with E-state index in [-0.39, 0.29) is 0 Å². The molecular weight excluding hydrogens is 194 g/mol. The first-order valence-electron chi connectivity index (χ1n) is 3.04. The van der Waals surface area contributed by atoms with Gasteiger partial charge in [0, 0.05) is 0 Å². The van der Waals surface area contributed by atoms with Crippen LogP contribution in [0.2, 0.25) is 0 Å². The molecule has 4 nitrogen and oxygen atoms in total. The van der Waals surface area contributed by atoms with Gasteiger partial charge in [0.25, 0.3) is 6.43 Å². The Morgan fingerprint density at radius 3 is 2.25 bits per heavy atom. The normalized spacial score (nSPS) is 11.9. The molecule has 0 aromatic carbocycles. The highest BCUT2D eigenvalue weighted by Crippen LogP contribution is 2.01. The molecule has 0 aliphatic heterocycles. The van der Waals surface area contributed by atoms with Crippen molar-refractivity contribution in [1.29, 1.82) is 0 Å². The van der Waals surface area contributed by atoms with E-state index < -0.39 is 40.2 Å². The van der Waals surface area contributed by atoms with Gasteiger partial charge < -0.3 is 5.11 Å². The van der Waals surface area contributed by atoms with E-state index >= 15 is 0 Å². The molecule has 0 fully saturated rings. The van der Waals surface area contributed by atoms with Crippen molar-refractivity contribution in [3.8, 4) is 0 Å². The van der Waals surface area contributed by atoms with Crippen LogP contribution in [0.1, 0.15) is 6.42 Å². The van der Waals surface area contributed by atoms with Crippen molar-refractivity contribution in [2.24, 2.45) is 0 Å². The fraction of sp³-hybridized carbons (Fsp3) is 0.800. The van der Waals surface area contributed by atoms with Crippen molar-refractivity contribution in [3.05, 3.63) is 0 Å². The Bertz CT molecular complexity index is 246. The summed E-state index contributed by atoms with van der Waals surface area (Å²) in [6, 6.07) is 0. The zero-order chi connectivity index (χ0) is 9.78. The highest BCUT2D eigenvalue weighted by atomic mass is 32.2. The molecule has 0 saturated carbocycles. The number of hydrogen-bond donors (Lipinski definition) is 1. The predicted octanol–water partition coefficient (Wildman–Crippen LogP) is 0.141. The van der Waals surface area contributed by atoms with E-state index in [0.717, 1.165) is 0 Å². The van der Waals surface area contributed by atoms with Gasteiger partial charge in [-0.3, -0.25) is 4.79 Å². The number of carboxylic acids is 1. The molecule has 0 spiro atoms. The number of carboxylic acid groups (broad SMARTS) is 1. The van der Waals surface area contributed by atoms with Crippen LogP contribution in [0.15, 0.2) is 0 Å². The molecule has 0 aromatic heterocycles. The van der Waals surface area contributed by atoms with E-state index in [1.807, 2.05) is 0 Å². The lowest BCUT2D eigenvalue weighted by Gasteiger charge is -2.00. The minimum atomic E-state index is -3.91. The Kier molecular flexibility index (Phi) is 4.08. The van der Waals surface area contributed by atoms with Crippen LogP contribution >= 0.6 is 0 Å². The first-order valence-corrected chi connectivity index (χ1v) is 4.86. The molecule has 0 aromatic rings. The Hall–Kier alpha value is -0.720. The van der Waals surface area contributed by atoms with Crippen LogP contribution in [-0.2, 0) is 14.6 Å². The van der Waals surface area contributed by atoms with Crippen LogP contribution in [0.4, 0.5) is 8.78 Å². The first kappa shape index (κ1) is 11.3. The molecule has 1 N–H and O–H groups in total. The molecule has 0 atom stereocenters. The summed E-state index contributed by atoms with van der Waals surface area (Å²) in [6.45, 7) is 0. The Morgan fingerprint density at radius 2 is 1.92 bits per heavy atom. The maximum absolute atomic E-state index is 11.5. The summed E-state index contributed by atoms with van der Waals surface area (Å²) in [7, 11) is -3.91. The molecular formula is C5H8F2O4S. The van der Waals surface area contributed by atoms with E-state index in [1.54, 1.807) is 0 Å². The predicted molar refractivity (Wildman–Crippen MR) is 36.9 cm³/mol. The molecule has 0 aliphatic rings. The van der Waals surface area contributed by atoms with Gasteiger partial charge in [-0.05, 0) is 0 Å². The molecule has 0 heterocycles. The Morgan fingerprint density at radius 1 is 1.42 bits per heavy atom. The molecule has 72 valence electrons. The molecule has 0 unspecified atom stereocenters. The number of sulfone groups is 1. The minimum Gasteiger partial charge on any atom is -0.481 e. The van der Waals surface area contributed by atoms with Crippen molar-refractivity contribution in [2.45, 2.75) is 12.8 Å². The number of carbonyl (C=O) groups is 1. The topological polar surface area (TPSA) is 71.4 Å². The third kappa shape index (κ3) is 6.02. The number of alkyl halides is 2. The fourth-order valence-corrected chi connectivity index (χ4v) is 1.55. The third-order valence-corrected chi connectivity index (χ3v) is 2.59. The third-order valence-electron chi connectivity index (χ3n) is 1.01. The average Bonchev–Trinajstić information content (AvgIpc) is 1.81. The lowest BCUT2D eigenvalue weighted by molar-refractivity contribution is -0.136. The highest BCUT2D eigenvalue weighted by Gasteiger charge is 2.18. The van der Waals surface area contributed by atoms with Gasteiger partial charge in [-0.15, -0.1) is 0 Å². The molecule has 0 radical (unpaired) electrons. The van der Waals surface area contributed by atoms with Crippen LogP contribution in [0.5, 0.6) is 0 Å². The molecule has 7 heteroatoms. The van der Waals surface area contributed by atoms with Crippen LogP contribution in [0.25, 0.3) is 0 Å². The minimum absolute atomic E-state index is 0.630. The number of aliphatic carboxylic acids is 1. The molecule has 12 heavy (non-hydrogen) atoms. The van der Waals surface area contributed by atoms with Crippen molar-refractivity contribution in [3.63, 3.8) is 0 Å². The summed E-state index contributed by atoms with van der Waals surface area (Å²) in [5.74, 6) is -3.31. The van der Waals surface area contributed by atoms with Gasteiger partial charge in [0.15, 0.2) is 9.84 Å². The number of halogens is 2. The Labute approximate surface area is 68.1 Å². The second kappa shape index (κ2) is 4.34. The number of hydrogen-bond acceptors (Lipinski definition) is 3. The van der Waals surface area contributed by atoms with Crippen LogP contribution in [0.3, 0.4) is 0 Å². The summed E-state index contributed by atoms with van der Waals surface area (Å²) < 4.78 is 44.3. The van der Waals surface area contributed by atoms with E-state index in [4.69, 9.17) is 5.11 Å². The summed E-state index contributed by atoms with van der Waals surface area (Å²) in [5, 5.41) is 8.06. The van der Waals surface area contributed by atoms with Gasteiger partial charge in [-0.25, -0.2) is 17.2 Å². The van der Waals surface area contributed by atoms with Gasteiger partial charge in [0.1, 0.15) is 5.75 Å². The summed E-state index contributed by atoms with van der Waals surface area (Å²) in [4.78, 5) is 9.88. The Balaban J connectivity index is 3.98. The average molecular weight is 202 g/mol.